The van der Waals surface area contributed by atoms with Gasteiger partial charge in [0.2, 0.25) is 0 Å². The third-order valence-corrected chi connectivity index (χ3v) is 6.93. The van der Waals surface area contributed by atoms with Crippen LogP contribution in [0.2, 0.25) is 0 Å². The third kappa shape index (κ3) is 3.91. The minimum atomic E-state index is -4.11. The van der Waals surface area contributed by atoms with Gasteiger partial charge < -0.3 is 9.72 Å². The van der Waals surface area contributed by atoms with Gasteiger partial charge in [0.1, 0.15) is 5.82 Å². The number of ether oxygens (including phenoxy) is 1. The first-order valence-electron chi connectivity index (χ1n) is 11.0. The Morgan fingerprint density at radius 1 is 1.23 bits per heavy atom. The lowest BCUT2D eigenvalue weighted by Gasteiger charge is -2.41. The van der Waals surface area contributed by atoms with Crippen LogP contribution in [0.5, 0.6) is 0 Å². The maximum atomic E-state index is 12.7. The van der Waals surface area contributed by atoms with E-state index < -0.39 is 12.6 Å². The summed E-state index contributed by atoms with van der Waals surface area (Å²) in [7, 11) is 0. The van der Waals surface area contributed by atoms with Gasteiger partial charge in [-0.3, -0.25) is 9.30 Å². The fraction of sp³-hybridized carbons (Fsp3) is 0.667. The Labute approximate surface area is 178 Å². The highest BCUT2D eigenvalue weighted by Gasteiger charge is 2.42. The lowest BCUT2D eigenvalue weighted by Crippen LogP contribution is -2.53. The van der Waals surface area contributed by atoms with Gasteiger partial charge in [-0.2, -0.15) is 13.2 Å². The zero-order chi connectivity index (χ0) is 21.6. The third-order valence-electron chi connectivity index (χ3n) is 6.93. The van der Waals surface area contributed by atoms with Crippen LogP contribution in [0.25, 0.3) is 16.8 Å². The van der Waals surface area contributed by atoms with Crippen LogP contribution in [0.4, 0.5) is 13.2 Å². The molecule has 5 rings (SSSR count). The second kappa shape index (κ2) is 8.05. The van der Waals surface area contributed by atoms with E-state index in [1.54, 1.807) is 6.20 Å². The highest BCUT2D eigenvalue weighted by molar-refractivity contribution is 5.74. The quantitative estimate of drug-likeness (QED) is 0.608. The van der Waals surface area contributed by atoms with Crippen molar-refractivity contribution in [1.29, 1.82) is 0 Å². The van der Waals surface area contributed by atoms with E-state index in [1.165, 1.54) is 0 Å². The zero-order valence-corrected chi connectivity index (χ0v) is 17.5. The Kier molecular flexibility index (Phi) is 5.37. The van der Waals surface area contributed by atoms with Gasteiger partial charge in [0, 0.05) is 24.6 Å². The van der Waals surface area contributed by atoms with Crippen LogP contribution in [-0.4, -0.2) is 67.5 Å². The van der Waals surface area contributed by atoms with Crippen LogP contribution in [0.3, 0.4) is 0 Å². The lowest BCUT2D eigenvalue weighted by atomic mass is 9.93. The topological polar surface area (TPSA) is 71.3 Å². The highest BCUT2D eigenvalue weighted by Crippen LogP contribution is 2.44. The monoisotopic (exact) mass is 436 g/mol. The number of halogens is 3. The molecule has 4 heterocycles. The molecule has 0 aromatic carbocycles. The molecular formula is C21H27F3N6O. The second-order valence-corrected chi connectivity index (χ2v) is 8.77. The van der Waals surface area contributed by atoms with Gasteiger partial charge in [0.15, 0.2) is 11.3 Å². The van der Waals surface area contributed by atoms with Crippen molar-refractivity contribution in [3.8, 4) is 0 Å². The van der Waals surface area contributed by atoms with Crippen LogP contribution < -0.4 is 0 Å². The van der Waals surface area contributed by atoms with Crippen molar-refractivity contribution in [2.45, 2.75) is 63.2 Å². The van der Waals surface area contributed by atoms with E-state index in [-0.39, 0.29) is 24.4 Å². The van der Waals surface area contributed by atoms with E-state index in [2.05, 4.69) is 36.4 Å². The largest absolute Gasteiger partial charge is 0.389 e. The first-order chi connectivity index (χ1) is 14.9. The van der Waals surface area contributed by atoms with Gasteiger partial charge in [0.05, 0.1) is 31.0 Å². The molecule has 0 bridgehead atoms. The molecule has 168 valence electrons. The summed E-state index contributed by atoms with van der Waals surface area (Å²) >= 11 is 0. The summed E-state index contributed by atoms with van der Waals surface area (Å²) in [4.78, 5) is 9.80. The second-order valence-electron chi connectivity index (χ2n) is 8.77. The summed E-state index contributed by atoms with van der Waals surface area (Å²) in [5.74, 6) is 1.54. The van der Waals surface area contributed by atoms with Gasteiger partial charge in [-0.25, -0.2) is 4.98 Å². The van der Waals surface area contributed by atoms with Crippen LogP contribution in [0.1, 0.15) is 50.8 Å². The zero-order valence-electron chi connectivity index (χ0n) is 17.5. The Morgan fingerprint density at radius 3 is 2.77 bits per heavy atom. The molecular weight excluding hydrogens is 409 g/mol. The Bertz CT molecular complexity index is 1040. The van der Waals surface area contributed by atoms with E-state index in [4.69, 9.17) is 4.74 Å². The van der Waals surface area contributed by atoms with Crippen LogP contribution in [0, 0.1) is 5.92 Å². The van der Waals surface area contributed by atoms with Gasteiger partial charge in [-0.05, 0) is 37.8 Å². The van der Waals surface area contributed by atoms with E-state index >= 15 is 0 Å². The van der Waals surface area contributed by atoms with Crippen LogP contribution in [-0.2, 0) is 4.74 Å². The fourth-order valence-corrected chi connectivity index (χ4v) is 5.31. The molecule has 1 saturated heterocycles. The molecule has 0 spiro atoms. The summed E-state index contributed by atoms with van der Waals surface area (Å²) in [6.07, 6.45) is 1.68. The normalized spacial score (nSPS) is 25.1. The molecule has 7 nitrogen and oxygen atoms in total. The van der Waals surface area contributed by atoms with Crippen molar-refractivity contribution >= 4 is 16.8 Å². The number of nitrogens with one attached hydrogen (secondary N) is 1. The first kappa shape index (κ1) is 20.7. The molecule has 1 aliphatic carbocycles. The Hall–Kier alpha value is -2.20. The predicted molar refractivity (Wildman–Crippen MR) is 109 cm³/mol. The molecule has 3 atom stereocenters. The van der Waals surface area contributed by atoms with Gasteiger partial charge in [0.25, 0.3) is 0 Å². The molecule has 1 N–H and O–H groups in total. The van der Waals surface area contributed by atoms with Crippen molar-refractivity contribution < 1.29 is 17.9 Å². The van der Waals surface area contributed by atoms with Crippen molar-refractivity contribution in [3.63, 3.8) is 0 Å². The number of aromatic amines is 1. The number of aromatic nitrogens is 5. The average molecular weight is 436 g/mol. The molecule has 10 heteroatoms. The SMILES string of the molecule is CC[C@@H]1C[C@H](N(CCCC(F)(F)F)C2COC2)C[C@@H]1c1nnc2cnc3[nH]ccc3n12. The number of alkyl halides is 3. The summed E-state index contributed by atoms with van der Waals surface area (Å²) in [6.45, 7) is 3.84. The van der Waals surface area contributed by atoms with E-state index in [9.17, 15) is 13.2 Å². The van der Waals surface area contributed by atoms with E-state index in [0.29, 0.717) is 25.7 Å². The predicted octanol–water partition coefficient (Wildman–Crippen LogP) is 3.92. The molecule has 31 heavy (non-hydrogen) atoms. The van der Waals surface area contributed by atoms with Crippen molar-refractivity contribution in [2.75, 3.05) is 19.8 Å². The average Bonchev–Trinajstić information content (AvgIpc) is 3.40. The molecule has 1 saturated carbocycles. The minimum Gasteiger partial charge on any atom is -0.378 e. The van der Waals surface area contributed by atoms with Gasteiger partial charge in [-0.1, -0.05) is 13.3 Å². The van der Waals surface area contributed by atoms with Gasteiger partial charge >= 0.3 is 6.18 Å². The molecule has 3 aromatic heterocycles. The Morgan fingerprint density at radius 2 is 2.06 bits per heavy atom. The number of hydrogen-bond acceptors (Lipinski definition) is 5. The summed E-state index contributed by atoms with van der Waals surface area (Å²) in [5.41, 5.74) is 2.46. The van der Waals surface area contributed by atoms with Crippen molar-refractivity contribution in [1.82, 2.24) is 29.5 Å². The van der Waals surface area contributed by atoms with E-state index in [0.717, 1.165) is 41.9 Å². The molecule has 1 aliphatic heterocycles. The number of nitrogens with zero attached hydrogens (tertiary/aromatic N) is 5. The van der Waals surface area contributed by atoms with E-state index in [1.807, 2.05) is 12.3 Å². The first-order valence-corrected chi connectivity index (χ1v) is 11.0. The highest BCUT2D eigenvalue weighted by atomic mass is 19.4. The summed E-state index contributed by atoms with van der Waals surface area (Å²) < 4.78 is 45.6. The maximum Gasteiger partial charge on any atom is 0.389 e. The summed E-state index contributed by atoms with van der Waals surface area (Å²) in [6, 6.07) is 2.42. The molecule has 2 aliphatic rings. The smallest absolute Gasteiger partial charge is 0.378 e. The maximum absolute atomic E-state index is 12.7. The molecule has 0 amide bonds. The summed E-state index contributed by atoms with van der Waals surface area (Å²) in [5, 5.41) is 8.89. The number of hydrogen-bond donors (Lipinski definition) is 1. The lowest BCUT2D eigenvalue weighted by molar-refractivity contribution is -0.139. The molecule has 0 radical (unpaired) electrons. The molecule has 0 unspecified atom stereocenters. The molecule has 2 fully saturated rings. The van der Waals surface area contributed by atoms with Crippen LogP contribution in [0.15, 0.2) is 18.5 Å². The Balaban J connectivity index is 1.41. The number of rotatable bonds is 7. The van der Waals surface area contributed by atoms with Crippen LogP contribution >= 0.6 is 0 Å². The minimum absolute atomic E-state index is 0.126. The number of H-pyrrole nitrogens is 1. The standard InChI is InChI=1S/C21H27F3N6O/c1-2-13-8-14(29(15-11-31-12-15)7-3-5-21(22,23)24)9-16(13)20-28-27-18-10-26-19-17(30(18)20)4-6-25-19/h4,6,10,13-16,25H,2-3,5,7-9,11-12H2,1H3/t13-,14+,16+/m1/s1. The number of fused-ring (bicyclic) bond motifs is 3. The van der Waals surface area contributed by atoms with Crippen molar-refractivity contribution in [3.05, 3.63) is 24.3 Å². The molecule has 3 aromatic rings. The fourth-order valence-electron chi connectivity index (χ4n) is 5.31. The van der Waals surface area contributed by atoms with Crippen molar-refractivity contribution in [2.24, 2.45) is 5.92 Å². The van der Waals surface area contributed by atoms with Gasteiger partial charge in [-0.15, -0.1) is 10.2 Å².